The molecule has 0 radical (unpaired) electrons. The van der Waals surface area contributed by atoms with Gasteiger partial charge < -0.3 is 0 Å². The summed E-state index contributed by atoms with van der Waals surface area (Å²) in [6.45, 7) is 17.5. The van der Waals surface area contributed by atoms with E-state index in [4.69, 9.17) is 17.0 Å². The Morgan fingerprint density at radius 3 is 1.27 bits per heavy atom. The summed E-state index contributed by atoms with van der Waals surface area (Å²) in [4.78, 5) is 0. The van der Waals surface area contributed by atoms with Gasteiger partial charge in [-0.05, 0) is 62.8 Å². The van der Waals surface area contributed by atoms with Gasteiger partial charge in [0.15, 0.2) is 0 Å². The number of hydrogen-bond acceptors (Lipinski definition) is 0. The van der Waals surface area contributed by atoms with Gasteiger partial charge in [0.1, 0.15) is 0 Å². The summed E-state index contributed by atoms with van der Waals surface area (Å²) in [5.74, 6) is 0. The van der Waals surface area contributed by atoms with Crippen molar-refractivity contribution < 1.29 is 18.0 Å². The van der Waals surface area contributed by atoms with Gasteiger partial charge in [-0.1, -0.05) is 84.6 Å². The van der Waals surface area contributed by atoms with Crippen molar-refractivity contribution in [2.24, 2.45) is 0 Å². The Kier molecular flexibility index (Phi) is 12.5. The second-order valence-corrected chi connectivity index (χ2v) is 34.9. The molecule has 0 aliphatic heterocycles. The van der Waals surface area contributed by atoms with Crippen molar-refractivity contribution in [3.63, 3.8) is 0 Å². The summed E-state index contributed by atoms with van der Waals surface area (Å²) >= 11 is -1.65. The quantitative estimate of drug-likeness (QED) is 0.126. The van der Waals surface area contributed by atoms with Crippen LogP contribution in [0.5, 0.6) is 0 Å². The second kappa shape index (κ2) is 15.9. The number of benzene rings is 4. The van der Waals surface area contributed by atoms with Gasteiger partial charge in [-0.2, -0.15) is 12.1 Å². The third-order valence-electron chi connectivity index (χ3n) is 8.16. The maximum absolute atomic E-state index is 5.62. The average molecular weight is 715 g/mol. The Hall–Kier alpha value is -2.22. The SMILES string of the molecule is CCc1cc2c(-c3ccc(C)cc3C)cccc2[cH-]1.CCc1cc2c(-c3ccc(C)cc3C)cccc2[cH-]1.C[Si](C)=[Zr]([Cl])[Cl]. The molecule has 0 unspecified atom stereocenters. The van der Waals surface area contributed by atoms with Gasteiger partial charge in [-0.25, -0.2) is 0 Å². The van der Waals surface area contributed by atoms with E-state index >= 15 is 0 Å². The van der Waals surface area contributed by atoms with Crippen LogP contribution in [-0.4, -0.2) is 5.43 Å². The van der Waals surface area contributed by atoms with Crippen LogP contribution < -0.4 is 0 Å². The first-order valence-electron chi connectivity index (χ1n) is 15.5. The fourth-order valence-electron chi connectivity index (χ4n) is 5.70. The van der Waals surface area contributed by atoms with E-state index in [0.717, 1.165) is 12.8 Å². The number of aryl methyl sites for hydroxylation is 6. The van der Waals surface area contributed by atoms with Crippen LogP contribution in [0.25, 0.3) is 43.8 Å². The van der Waals surface area contributed by atoms with Crippen molar-refractivity contribution in [3.8, 4) is 22.3 Å². The van der Waals surface area contributed by atoms with Gasteiger partial charge >= 0.3 is 53.5 Å². The van der Waals surface area contributed by atoms with Crippen LogP contribution in [0.15, 0.2) is 97.1 Å². The van der Waals surface area contributed by atoms with Crippen molar-refractivity contribution >= 4 is 44.0 Å². The second-order valence-electron chi connectivity index (χ2n) is 11.9. The van der Waals surface area contributed by atoms with E-state index in [1.807, 2.05) is 0 Å². The predicted molar refractivity (Wildman–Crippen MR) is 197 cm³/mol. The normalized spacial score (nSPS) is 10.7. The minimum absolute atomic E-state index is 0.224. The van der Waals surface area contributed by atoms with E-state index in [1.54, 1.807) is 0 Å². The Morgan fingerprint density at radius 1 is 0.568 bits per heavy atom. The van der Waals surface area contributed by atoms with Gasteiger partial charge in [0, 0.05) is 0 Å². The van der Waals surface area contributed by atoms with Crippen LogP contribution >= 0.6 is 17.0 Å². The molecule has 0 heterocycles. The van der Waals surface area contributed by atoms with E-state index in [1.165, 1.54) is 77.2 Å². The molecule has 0 aliphatic rings. The van der Waals surface area contributed by atoms with Crippen LogP contribution in [0.4, 0.5) is 0 Å². The predicted octanol–water partition coefficient (Wildman–Crippen LogP) is 13.0. The molecule has 4 heteroatoms. The summed E-state index contributed by atoms with van der Waals surface area (Å²) in [6, 6.07) is 35.9. The molecule has 0 amide bonds. The van der Waals surface area contributed by atoms with Crippen molar-refractivity contribution in [2.75, 3.05) is 0 Å². The summed E-state index contributed by atoms with van der Waals surface area (Å²) in [5.41, 5.74) is 13.4. The Morgan fingerprint density at radius 2 is 0.955 bits per heavy atom. The summed E-state index contributed by atoms with van der Waals surface area (Å²) < 4.78 is 0. The third kappa shape index (κ3) is 8.52. The Bertz CT molecular complexity index is 1770. The Balaban J connectivity index is 0.000000170. The molecule has 0 bridgehead atoms. The van der Waals surface area contributed by atoms with Crippen molar-refractivity contribution in [2.45, 2.75) is 67.5 Å². The van der Waals surface area contributed by atoms with Crippen LogP contribution in [0.2, 0.25) is 13.1 Å². The molecule has 6 aromatic rings. The molecular weight excluding hydrogens is 671 g/mol. The molecule has 0 fully saturated rings. The Labute approximate surface area is 280 Å². The first-order valence-corrected chi connectivity index (χ1v) is 28.0. The van der Waals surface area contributed by atoms with Gasteiger partial charge in [-0.3, -0.25) is 0 Å². The van der Waals surface area contributed by atoms with Crippen molar-refractivity contribution in [1.82, 2.24) is 0 Å². The van der Waals surface area contributed by atoms with Crippen molar-refractivity contribution in [1.29, 1.82) is 0 Å². The number of fused-ring (bicyclic) bond motifs is 2. The van der Waals surface area contributed by atoms with E-state index in [0.29, 0.717) is 0 Å². The van der Waals surface area contributed by atoms with E-state index in [9.17, 15) is 0 Å². The fourth-order valence-corrected chi connectivity index (χ4v) is 5.70. The first-order chi connectivity index (χ1) is 21.0. The standard InChI is InChI=1S/2C19H19.C2H6Si.2ClH.Zr/c2*1-4-15-11-16-6-5-7-18(19(16)12-15)17-9-8-13(2)10-14(17)3;1-3-2;;;/h2*5-12H,4H2,1-3H3;1-2H3;2*1H;/q2*-1;;;;+2/p-2. The molecular formula is C40H44Cl2SiZr-2. The maximum atomic E-state index is 5.62. The zero-order valence-electron chi connectivity index (χ0n) is 27.4. The van der Waals surface area contributed by atoms with Crippen LogP contribution in [0.3, 0.4) is 0 Å². The molecule has 0 aliphatic carbocycles. The van der Waals surface area contributed by atoms with E-state index in [-0.39, 0.29) is 5.43 Å². The van der Waals surface area contributed by atoms with Crippen LogP contribution in [0.1, 0.15) is 47.2 Å². The molecule has 44 heavy (non-hydrogen) atoms. The zero-order valence-corrected chi connectivity index (χ0v) is 32.4. The molecule has 0 N–H and O–H groups in total. The molecule has 0 saturated carbocycles. The third-order valence-corrected chi connectivity index (χ3v) is 27.9. The van der Waals surface area contributed by atoms with Crippen LogP contribution in [-0.2, 0) is 30.8 Å². The number of rotatable bonds is 4. The van der Waals surface area contributed by atoms with Crippen molar-refractivity contribution in [3.05, 3.63) is 130 Å². The minimum atomic E-state index is -1.65. The first kappa shape index (κ1) is 34.6. The summed E-state index contributed by atoms with van der Waals surface area (Å²) in [5, 5.41) is 5.47. The molecule has 228 valence electrons. The number of halogens is 2. The average Bonchev–Trinajstić information content (AvgIpc) is 3.62. The molecule has 0 nitrogen and oxygen atoms in total. The van der Waals surface area contributed by atoms with E-state index in [2.05, 4.69) is 152 Å². The molecule has 6 rings (SSSR count). The fraction of sp³-hybridized carbons (Fsp3) is 0.250. The molecule has 0 saturated heterocycles. The summed E-state index contributed by atoms with van der Waals surface area (Å²) in [7, 11) is 11.2. The summed E-state index contributed by atoms with van der Waals surface area (Å²) in [6.07, 6.45) is 2.20. The van der Waals surface area contributed by atoms with Gasteiger partial charge in [0.2, 0.25) is 0 Å². The monoisotopic (exact) mass is 712 g/mol. The van der Waals surface area contributed by atoms with Crippen LogP contribution in [0, 0.1) is 27.7 Å². The topological polar surface area (TPSA) is 0 Å². The van der Waals surface area contributed by atoms with Gasteiger partial charge in [0.05, 0.1) is 0 Å². The van der Waals surface area contributed by atoms with E-state index < -0.39 is 18.0 Å². The molecule has 0 aromatic heterocycles. The molecule has 6 aromatic carbocycles. The molecule has 0 atom stereocenters. The number of hydrogen-bond donors (Lipinski definition) is 0. The van der Waals surface area contributed by atoms with Gasteiger partial charge in [0.25, 0.3) is 0 Å². The molecule has 0 spiro atoms. The zero-order chi connectivity index (χ0) is 32.0. The van der Waals surface area contributed by atoms with Gasteiger partial charge in [-0.15, -0.1) is 69.1 Å².